The van der Waals surface area contributed by atoms with Gasteiger partial charge in [0.2, 0.25) is 5.91 Å². The van der Waals surface area contributed by atoms with Crippen molar-refractivity contribution in [3.05, 3.63) is 7.05 Å². The van der Waals surface area contributed by atoms with Gasteiger partial charge >= 0.3 is 0 Å². The fraction of sp³-hybridized carbons (Fsp3) is 0.750. The van der Waals surface area contributed by atoms with E-state index < -0.39 is 0 Å². The van der Waals surface area contributed by atoms with Crippen LogP contribution in [0.1, 0.15) is 19.8 Å². The summed E-state index contributed by atoms with van der Waals surface area (Å²) in [6.07, 6.45) is 2.14. The van der Waals surface area contributed by atoms with Gasteiger partial charge in [-0.3, -0.25) is 4.79 Å². The van der Waals surface area contributed by atoms with Crippen molar-refractivity contribution >= 4 is 5.91 Å². The zero-order valence-corrected chi connectivity index (χ0v) is 7.02. The first-order valence-electron chi connectivity index (χ1n) is 4.12. The Balaban J connectivity index is 2.22. The Kier molecular flexibility index (Phi) is 2.88. The maximum Gasteiger partial charge on any atom is 0.217 e. The Morgan fingerprint density at radius 2 is 2.09 bits per heavy atom. The van der Waals surface area contributed by atoms with Crippen LogP contribution in [0.2, 0.25) is 0 Å². The van der Waals surface area contributed by atoms with Crippen LogP contribution in [0.25, 0.3) is 0 Å². The Labute approximate surface area is 67.8 Å². The molecule has 1 aliphatic heterocycles. The molecule has 0 aromatic rings. The molecule has 3 heteroatoms. The van der Waals surface area contributed by atoms with E-state index in [2.05, 4.69) is 12.4 Å². The average molecular weight is 156 g/mol. The van der Waals surface area contributed by atoms with Crippen molar-refractivity contribution in [2.45, 2.75) is 25.8 Å². The molecule has 0 spiro atoms. The average Bonchev–Trinajstić information content (AvgIpc) is 1.93. The molecule has 64 valence electrons. The third kappa shape index (κ3) is 2.89. The van der Waals surface area contributed by atoms with E-state index in [0.29, 0.717) is 6.04 Å². The highest BCUT2D eigenvalue weighted by Gasteiger charge is 2.16. The van der Waals surface area contributed by atoms with Crippen LogP contribution in [-0.2, 0) is 4.79 Å². The van der Waals surface area contributed by atoms with E-state index in [4.69, 9.17) is 0 Å². The van der Waals surface area contributed by atoms with Gasteiger partial charge in [-0.15, -0.1) is 0 Å². The van der Waals surface area contributed by atoms with E-state index in [1.54, 1.807) is 6.92 Å². The summed E-state index contributed by atoms with van der Waals surface area (Å²) in [5.74, 6) is 0.0857. The first kappa shape index (κ1) is 8.53. The summed E-state index contributed by atoms with van der Waals surface area (Å²) in [4.78, 5) is 12.0. The number of hydrogen-bond acceptors (Lipinski definition) is 1. The van der Waals surface area contributed by atoms with Crippen LogP contribution < -0.4 is 10.2 Å². The van der Waals surface area contributed by atoms with Gasteiger partial charge in [-0.25, -0.2) is 0 Å². The summed E-state index contributed by atoms with van der Waals surface area (Å²) < 4.78 is 0. The van der Waals surface area contributed by atoms with Crippen molar-refractivity contribution in [3.63, 3.8) is 0 Å². The monoisotopic (exact) mass is 156 g/mol. The minimum Gasteiger partial charge on any atom is -0.468 e. The molecule has 0 aliphatic carbocycles. The second-order valence-corrected chi connectivity index (χ2v) is 3.22. The summed E-state index contributed by atoms with van der Waals surface area (Å²) in [6.45, 7) is 3.72. The van der Waals surface area contributed by atoms with Crippen molar-refractivity contribution in [3.8, 4) is 0 Å². The van der Waals surface area contributed by atoms with Gasteiger partial charge in [-0.2, -0.15) is 7.05 Å². The number of amides is 1. The SMILES string of the molecule is [CH2-][NH+]1CCC(NC(C)=O)CC1. The predicted octanol–water partition coefficient (Wildman–Crippen LogP) is -1.04. The van der Waals surface area contributed by atoms with E-state index in [0.717, 1.165) is 25.9 Å². The van der Waals surface area contributed by atoms with Gasteiger partial charge in [0, 0.05) is 25.8 Å². The molecule has 1 saturated heterocycles. The number of piperidine rings is 1. The van der Waals surface area contributed by atoms with Gasteiger partial charge in [0.05, 0.1) is 13.1 Å². The van der Waals surface area contributed by atoms with Crippen molar-refractivity contribution < 1.29 is 9.69 Å². The molecule has 1 amide bonds. The molecule has 1 aliphatic rings. The van der Waals surface area contributed by atoms with Gasteiger partial charge in [0.15, 0.2) is 0 Å². The van der Waals surface area contributed by atoms with Crippen molar-refractivity contribution in [1.82, 2.24) is 5.32 Å². The molecular weight excluding hydrogens is 140 g/mol. The number of quaternary nitrogens is 1. The summed E-state index contributed by atoms with van der Waals surface area (Å²) in [6, 6.07) is 0.401. The predicted molar refractivity (Wildman–Crippen MR) is 42.9 cm³/mol. The maximum atomic E-state index is 10.7. The number of hydrogen-bond donors (Lipinski definition) is 2. The molecule has 0 unspecified atom stereocenters. The molecule has 11 heavy (non-hydrogen) atoms. The highest BCUT2D eigenvalue weighted by atomic mass is 16.1. The second kappa shape index (κ2) is 3.72. The van der Waals surface area contributed by atoms with Crippen LogP contribution in [0.4, 0.5) is 0 Å². The van der Waals surface area contributed by atoms with E-state index >= 15 is 0 Å². The molecule has 1 fully saturated rings. The minimum absolute atomic E-state index is 0.0857. The standard InChI is InChI=1S/C8H16N2O/c1-7(11)9-8-3-5-10(2)6-4-8/h8,10H,2-6H2,1H3,(H,9,11). The summed E-state index contributed by atoms with van der Waals surface area (Å²) in [7, 11) is 3.92. The summed E-state index contributed by atoms with van der Waals surface area (Å²) in [5, 5.41) is 2.92. The lowest BCUT2D eigenvalue weighted by molar-refractivity contribution is -0.859. The van der Waals surface area contributed by atoms with Crippen molar-refractivity contribution in [2.24, 2.45) is 0 Å². The Morgan fingerprint density at radius 3 is 2.55 bits per heavy atom. The van der Waals surface area contributed by atoms with Gasteiger partial charge in [-0.05, 0) is 0 Å². The number of nitrogens with one attached hydrogen (secondary N) is 2. The molecule has 3 nitrogen and oxygen atoms in total. The topological polar surface area (TPSA) is 33.5 Å². The van der Waals surface area contributed by atoms with E-state index in [1.807, 2.05) is 0 Å². The fourth-order valence-electron chi connectivity index (χ4n) is 1.46. The fourth-order valence-corrected chi connectivity index (χ4v) is 1.46. The van der Waals surface area contributed by atoms with E-state index in [-0.39, 0.29) is 5.91 Å². The van der Waals surface area contributed by atoms with Crippen LogP contribution in [0.15, 0.2) is 0 Å². The molecule has 0 aromatic carbocycles. The Hall–Kier alpha value is -0.570. The maximum absolute atomic E-state index is 10.7. The van der Waals surface area contributed by atoms with Gasteiger partial charge < -0.3 is 10.2 Å². The Bertz CT molecular complexity index is 139. The molecule has 0 saturated carbocycles. The molecule has 1 heterocycles. The second-order valence-electron chi connectivity index (χ2n) is 3.22. The summed E-state index contributed by atoms with van der Waals surface area (Å²) >= 11 is 0. The minimum atomic E-state index is 0.0857. The largest absolute Gasteiger partial charge is 0.468 e. The highest BCUT2D eigenvalue weighted by Crippen LogP contribution is 1.98. The van der Waals surface area contributed by atoms with Gasteiger partial charge in [-0.1, -0.05) is 0 Å². The molecular formula is C8H16N2O. The van der Waals surface area contributed by atoms with Crippen LogP contribution in [0.5, 0.6) is 0 Å². The zero-order valence-electron chi connectivity index (χ0n) is 7.02. The first-order valence-corrected chi connectivity index (χ1v) is 4.12. The quantitative estimate of drug-likeness (QED) is 0.467. The highest BCUT2D eigenvalue weighted by molar-refractivity contribution is 5.73. The Morgan fingerprint density at radius 1 is 1.55 bits per heavy atom. The van der Waals surface area contributed by atoms with Gasteiger partial charge in [0.1, 0.15) is 0 Å². The molecule has 1 rings (SSSR count). The summed E-state index contributed by atoms with van der Waals surface area (Å²) in [5.41, 5.74) is 0. The van der Waals surface area contributed by atoms with Crippen LogP contribution >= 0.6 is 0 Å². The molecule has 2 N–H and O–H groups in total. The first-order chi connectivity index (χ1) is 5.18. The lowest BCUT2D eigenvalue weighted by Gasteiger charge is -2.31. The molecule has 0 aromatic heterocycles. The normalized spacial score (nSPS) is 31.5. The van der Waals surface area contributed by atoms with Crippen LogP contribution in [0, 0.1) is 7.05 Å². The molecule has 0 atom stereocenters. The van der Waals surface area contributed by atoms with E-state index in [9.17, 15) is 4.79 Å². The van der Waals surface area contributed by atoms with Gasteiger partial charge in [0.25, 0.3) is 0 Å². The van der Waals surface area contributed by atoms with Crippen molar-refractivity contribution in [2.75, 3.05) is 13.1 Å². The number of likely N-dealkylation sites (tertiary alicyclic amines) is 1. The third-order valence-corrected chi connectivity index (χ3v) is 2.10. The molecule has 0 radical (unpaired) electrons. The lowest BCUT2D eigenvalue weighted by atomic mass is 10.1. The number of carbonyl (C=O) groups excluding carboxylic acids is 1. The smallest absolute Gasteiger partial charge is 0.217 e. The number of carbonyl (C=O) groups is 1. The van der Waals surface area contributed by atoms with Crippen molar-refractivity contribution in [1.29, 1.82) is 0 Å². The van der Waals surface area contributed by atoms with E-state index in [1.165, 1.54) is 4.90 Å². The zero-order chi connectivity index (χ0) is 8.27. The molecule has 0 bridgehead atoms. The lowest BCUT2D eigenvalue weighted by Crippen LogP contribution is -3.08. The number of rotatable bonds is 1. The third-order valence-electron chi connectivity index (χ3n) is 2.10. The van der Waals surface area contributed by atoms with Crippen LogP contribution in [-0.4, -0.2) is 25.0 Å². The van der Waals surface area contributed by atoms with Crippen LogP contribution in [0.3, 0.4) is 0 Å².